The molecule has 2 aromatic carbocycles. The normalized spacial score (nSPS) is 12.0. The van der Waals surface area contributed by atoms with Crippen LogP contribution in [0.3, 0.4) is 0 Å². The van der Waals surface area contributed by atoms with Crippen molar-refractivity contribution in [3.05, 3.63) is 84.7 Å². The lowest BCUT2D eigenvalue weighted by Gasteiger charge is -2.08. The average molecular weight is 473 g/mol. The largest absolute Gasteiger partial charge is 0.366 e. The number of nitrogens with zero attached hydrogens (tertiary/aromatic N) is 3. The van der Waals surface area contributed by atoms with E-state index in [1.807, 2.05) is 18.2 Å². The van der Waals surface area contributed by atoms with Crippen LogP contribution in [0.15, 0.2) is 78.0 Å². The fourth-order valence-electron chi connectivity index (χ4n) is 3.15. The van der Waals surface area contributed by atoms with E-state index in [0.29, 0.717) is 11.3 Å². The first-order chi connectivity index (χ1) is 15.3. The summed E-state index contributed by atoms with van der Waals surface area (Å²) < 4.78 is 54.3. The maximum atomic E-state index is 13.1. The monoisotopic (exact) mass is 472 g/mol. The molecule has 0 aliphatic heterocycles. The molecule has 4 aromatic rings. The first-order valence-corrected chi connectivity index (χ1v) is 12.7. The van der Waals surface area contributed by atoms with Gasteiger partial charge in [-0.1, -0.05) is 48.5 Å². The number of H-pyrrole nitrogens is 1. The third-order valence-corrected chi connectivity index (χ3v) is 7.48. The Morgan fingerprint density at radius 2 is 1.44 bits per heavy atom. The van der Waals surface area contributed by atoms with E-state index in [2.05, 4.69) is 19.9 Å². The van der Waals surface area contributed by atoms with E-state index in [1.165, 1.54) is 6.20 Å². The summed E-state index contributed by atoms with van der Waals surface area (Å²) in [6.45, 7) is 0. The molecule has 2 aromatic heterocycles. The predicted molar refractivity (Wildman–Crippen MR) is 120 cm³/mol. The van der Waals surface area contributed by atoms with Crippen LogP contribution in [0, 0.1) is 0 Å². The van der Waals surface area contributed by atoms with E-state index in [0.717, 1.165) is 10.2 Å². The number of hydrogen-bond acceptors (Lipinski definition) is 7. The number of sulfone groups is 1. The van der Waals surface area contributed by atoms with Crippen molar-refractivity contribution >= 4 is 25.5 Å². The minimum Gasteiger partial charge on any atom is -0.366 e. The maximum Gasteiger partial charge on any atom is 0.240 e. The van der Waals surface area contributed by atoms with Crippen LogP contribution < -0.4 is 10.6 Å². The molecule has 0 saturated carbocycles. The number of nitrogens with two attached hydrogens (primary N) is 1. The van der Waals surface area contributed by atoms with Gasteiger partial charge in [-0.2, -0.15) is 0 Å². The first kappa shape index (κ1) is 21.6. The Hall–Kier alpha value is -3.64. The van der Waals surface area contributed by atoms with Gasteiger partial charge in [0.15, 0.2) is 21.5 Å². The Labute approximate surface area is 185 Å². The number of nitrogen functional groups attached to an aromatic ring is 1. The number of nitrogens with one attached hydrogen (secondary N) is 2. The molecule has 10 nitrogen and oxygen atoms in total. The molecule has 166 valence electrons. The summed E-state index contributed by atoms with van der Waals surface area (Å²) in [4.78, 5) is 2.91. The number of anilines is 1. The quantitative estimate of drug-likeness (QED) is 0.331. The average Bonchev–Trinajstić information content (AvgIpc) is 3.38. The second-order valence-corrected chi connectivity index (χ2v) is 10.7. The molecule has 0 aliphatic rings. The smallest absolute Gasteiger partial charge is 0.240 e. The number of hydrogen-bond donors (Lipinski definition) is 3. The van der Waals surface area contributed by atoms with Gasteiger partial charge in [0, 0.05) is 23.6 Å². The Balaban J connectivity index is 1.55. The second kappa shape index (κ2) is 8.48. The molecule has 0 atom stereocenters. The third-order valence-electron chi connectivity index (χ3n) is 4.65. The van der Waals surface area contributed by atoms with Crippen LogP contribution in [0.2, 0.25) is 0 Å². The Bertz CT molecular complexity index is 1430. The van der Waals surface area contributed by atoms with Crippen LogP contribution in [0.5, 0.6) is 0 Å². The summed E-state index contributed by atoms with van der Waals surface area (Å²) in [6.07, 6.45) is 2.99. The lowest BCUT2D eigenvalue weighted by atomic mass is 10.1. The van der Waals surface area contributed by atoms with E-state index < -0.39 is 31.4 Å². The van der Waals surface area contributed by atoms with Crippen LogP contribution in [0.1, 0.15) is 11.6 Å². The van der Waals surface area contributed by atoms with Crippen molar-refractivity contribution in [3.63, 3.8) is 0 Å². The van der Waals surface area contributed by atoms with Gasteiger partial charge in [-0.15, -0.1) is 10.2 Å². The minimum absolute atomic E-state index is 0.0740. The highest BCUT2D eigenvalue weighted by Crippen LogP contribution is 2.29. The standard InChI is InChI=1S/C20H20N6O4S2/c21-26-19(23-24-20(26)14-32(29,30)25-16-9-5-2-6-10-16)13-31(27,28)18-12-22-11-17(18)15-7-3-1-4-8-15/h1-12,22,25H,13-14,21H2. The van der Waals surface area contributed by atoms with E-state index in [4.69, 9.17) is 5.84 Å². The SMILES string of the molecule is Nn1c(CS(=O)(=O)Nc2ccccc2)nnc1CS(=O)(=O)c1c[nH]cc1-c1ccccc1. The number of sulfonamides is 1. The molecule has 2 heterocycles. The van der Waals surface area contributed by atoms with E-state index >= 15 is 0 Å². The van der Waals surface area contributed by atoms with Gasteiger partial charge in [0.05, 0.1) is 4.90 Å². The molecular formula is C20H20N6O4S2. The van der Waals surface area contributed by atoms with Gasteiger partial charge in [0.2, 0.25) is 10.0 Å². The van der Waals surface area contributed by atoms with Crippen molar-refractivity contribution in [3.8, 4) is 11.1 Å². The van der Waals surface area contributed by atoms with E-state index in [1.54, 1.807) is 48.7 Å². The predicted octanol–water partition coefficient (Wildman–Crippen LogP) is 1.90. The first-order valence-electron chi connectivity index (χ1n) is 9.44. The van der Waals surface area contributed by atoms with Crippen molar-refractivity contribution in [2.45, 2.75) is 16.4 Å². The van der Waals surface area contributed by atoms with Crippen molar-refractivity contribution in [1.82, 2.24) is 19.9 Å². The van der Waals surface area contributed by atoms with Crippen LogP contribution in [0.25, 0.3) is 11.1 Å². The van der Waals surface area contributed by atoms with E-state index in [-0.39, 0.29) is 16.5 Å². The number of rotatable bonds is 8. The molecular weight excluding hydrogens is 452 g/mol. The Morgan fingerprint density at radius 3 is 2.09 bits per heavy atom. The molecule has 0 saturated heterocycles. The highest BCUT2D eigenvalue weighted by molar-refractivity contribution is 7.92. The van der Waals surface area contributed by atoms with Gasteiger partial charge in [-0.05, 0) is 17.7 Å². The van der Waals surface area contributed by atoms with Crippen molar-refractivity contribution < 1.29 is 16.8 Å². The van der Waals surface area contributed by atoms with Gasteiger partial charge < -0.3 is 10.8 Å². The molecule has 4 rings (SSSR count). The van der Waals surface area contributed by atoms with E-state index in [9.17, 15) is 16.8 Å². The summed E-state index contributed by atoms with van der Waals surface area (Å²) in [7, 11) is -7.68. The molecule has 32 heavy (non-hydrogen) atoms. The van der Waals surface area contributed by atoms with Gasteiger partial charge in [0.25, 0.3) is 0 Å². The van der Waals surface area contributed by atoms with Crippen molar-refractivity contribution in [2.24, 2.45) is 0 Å². The van der Waals surface area contributed by atoms with Crippen molar-refractivity contribution in [2.75, 3.05) is 10.6 Å². The number of para-hydroxylation sites is 1. The number of aromatic nitrogens is 4. The number of aromatic amines is 1. The fraction of sp³-hybridized carbons (Fsp3) is 0.100. The summed E-state index contributed by atoms with van der Waals surface area (Å²) in [6, 6.07) is 17.4. The third kappa shape index (κ3) is 4.65. The zero-order valence-electron chi connectivity index (χ0n) is 16.7. The lowest BCUT2D eigenvalue weighted by molar-refractivity contribution is 0.593. The highest BCUT2D eigenvalue weighted by atomic mass is 32.2. The zero-order valence-corrected chi connectivity index (χ0v) is 18.3. The van der Waals surface area contributed by atoms with Crippen LogP contribution in [-0.2, 0) is 31.4 Å². The molecule has 4 N–H and O–H groups in total. The molecule has 12 heteroatoms. The van der Waals surface area contributed by atoms with Gasteiger partial charge in [-0.25, -0.2) is 21.5 Å². The Morgan fingerprint density at radius 1 is 0.844 bits per heavy atom. The molecule has 0 amide bonds. The highest BCUT2D eigenvalue weighted by Gasteiger charge is 2.26. The minimum atomic E-state index is -3.85. The van der Waals surface area contributed by atoms with Crippen LogP contribution >= 0.6 is 0 Å². The van der Waals surface area contributed by atoms with Gasteiger partial charge in [-0.3, -0.25) is 4.72 Å². The zero-order chi connectivity index (χ0) is 22.8. The van der Waals surface area contributed by atoms with Gasteiger partial charge in [0.1, 0.15) is 11.5 Å². The second-order valence-electron chi connectivity index (χ2n) is 6.99. The number of benzene rings is 2. The molecule has 0 radical (unpaired) electrons. The Kier molecular flexibility index (Phi) is 5.72. The molecule has 0 bridgehead atoms. The van der Waals surface area contributed by atoms with Crippen LogP contribution in [0.4, 0.5) is 5.69 Å². The summed E-state index contributed by atoms with van der Waals surface area (Å²) >= 11 is 0. The molecule has 0 fully saturated rings. The fourth-order valence-corrected chi connectivity index (χ4v) is 5.70. The summed E-state index contributed by atoms with van der Waals surface area (Å²) in [5, 5.41) is 7.60. The molecule has 0 aliphatic carbocycles. The topological polar surface area (TPSA) is 153 Å². The lowest BCUT2D eigenvalue weighted by Crippen LogP contribution is -2.23. The van der Waals surface area contributed by atoms with Gasteiger partial charge >= 0.3 is 0 Å². The molecule has 0 spiro atoms. The summed E-state index contributed by atoms with van der Waals surface area (Å²) in [5.74, 6) is 4.67. The van der Waals surface area contributed by atoms with Crippen molar-refractivity contribution in [1.29, 1.82) is 0 Å². The summed E-state index contributed by atoms with van der Waals surface area (Å²) in [5.41, 5.74) is 1.64. The maximum absolute atomic E-state index is 13.1. The van der Waals surface area contributed by atoms with Crippen LogP contribution in [-0.4, -0.2) is 36.7 Å². The molecule has 0 unspecified atom stereocenters.